The number of benzene rings is 2. The van der Waals surface area contributed by atoms with Gasteiger partial charge >= 0.3 is 0 Å². The van der Waals surface area contributed by atoms with E-state index in [1.165, 1.54) is 0 Å². The van der Waals surface area contributed by atoms with E-state index in [2.05, 4.69) is 55.6 Å². The van der Waals surface area contributed by atoms with Crippen molar-refractivity contribution in [2.24, 2.45) is 0 Å². The molecule has 3 aromatic heterocycles. The summed E-state index contributed by atoms with van der Waals surface area (Å²) < 4.78 is 7.02. The first-order valence-electron chi connectivity index (χ1n) is 10.3. The van der Waals surface area contributed by atoms with Crippen molar-refractivity contribution in [3.05, 3.63) is 83.4 Å². The zero-order valence-corrected chi connectivity index (χ0v) is 18.6. The van der Waals surface area contributed by atoms with Crippen molar-refractivity contribution in [2.75, 3.05) is 5.32 Å². The number of anilines is 1. The van der Waals surface area contributed by atoms with Gasteiger partial charge in [-0.2, -0.15) is 5.10 Å². The number of fused-ring (bicyclic) bond motifs is 1. The number of rotatable bonds is 7. The third-order valence-corrected chi connectivity index (χ3v) is 5.92. The maximum atomic E-state index is 5.88. The standard InChI is InChI=1S/C24H22N6OS/c1-15(17-4-3-5-20(10-17)31-13-19-8-9-26-30-19)27-24-12-22(28-16(2)29-24)18-6-7-21-23(11-18)32-14-25-21/h3-12,14-15H,13H2,1-2H3,(H,26,30)(H,27,28,29). The molecule has 8 heteroatoms. The molecule has 7 nitrogen and oxygen atoms in total. The summed E-state index contributed by atoms with van der Waals surface area (Å²) in [5.74, 6) is 2.31. The third-order valence-electron chi connectivity index (χ3n) is 5.13. The molecule has 5 rings (SSSR count). The monoisotopic (exact) mass is 442 g/mol. The molecule has 0 spiro atoms. The smallest absolute Gasteiger partial charge is 0.132 e. The van der Waals surface area contributed by atoms with Crippen molar-refractivity contribution >= 4 is 27.4 Å². The van der Waals surface area contributed by atoms with Crippen LogP contribution in [0.3, 0.4) is 0 Å². The molecule has 0 radical (unpaired) electrons. The summed E-state index contributed by atoms with van der Waals surface area (Å²) in [6.45, 7) is 4.44. The second kappa shape index (κ2) is 8.76. The number of aryl methyl sites for hydroxylation is 1. The fourth-order valence-corrected chi connectivity index (χ4v) is 4.23. The molecule has 0 bridgehead atoms. The van der Waals surface area contributed by atoms with Gasteiger partial charge in [-0.25, -0.2) is 15.0 Å². The van der Waals surface area contributed by atoms with Crippen LogP contribution >= 0.6 is 11.3 Å². The number of ether oxygens (including phenoxy) is 1. The number of hydrogen-bond donors (Lipinski definition) is 2. The Morgan fingerprint density at radius 2 is 2.03 bits per heavy atom. The van der Waals surface area contributed by atoms with E-state index in [1.54, 1.807) is 17.5 Å². The Hall–Kier alpha value is -3.78. The summed E-state index contributed by atoms with van der Waals surface area (Å²) in [5.41, 5.74) is 6.78. The van der Waals surface area contributed by atoms with Gasteiger partial charge in [0, 0.05) is 17.8 Å². The number of aromatic nitrogens is 5. The number of thiazole rings is 1. The molecule has 0 amide bonds. The highest BCUT2D eigenvalue weighted by Gasteiger charge is 2.11. The molecule has 160 valence electrons. The van der Waals surface area contributed by atoms with Crippen molar-refractivity contribution in [2.45, 2.75) is 26.5 Å². The van der Waals surface area contributed by atoms with Crippen LogP contribution in [-0.4, -0.2) is 25.1 Å². The first-order chi connectivity index (χ1) is 15.6. The zero-order chi connectivity index (χ0) is 21.9. The van der Waals surface area contributed by atoms with E-state index in [9.17, 15) is 0 Å². The van der Waals surface area contributed by atoms with Crippen LogP contribution in [-0.2, 0) is 6.61 Å². The van der Waals surface area contributed by atoms with Crippen molar-refractivity contribution in [1.82, 2.24) is 25.1 Å². The van der Waals surface area contributed by atoms with Crippen LogP contribution in [0.25, 0.3) is 21.5 Å². The Morgan fingerprint density at radius 1 is 1.09 bits per heavy atom. The van der Waals surface area contributed by atoms with E-state index in [4.69, 9.17) is 4.74 Å². The van der Waals surface area contributed by atoms with Gasteiger partial charge in [-0.3, -0.25) is 5.10 Å². The summed E-state index contributed by atoms with van der Waals surface area (Å²) in [7, 11) is 0. The van der Waals surface area contributed by atoms with E-state index < -0.39 is 0 Å². The number of nitrogens with zero attached hydrogens (tertiary/aromatic N) is 4. The minimum Gasteiger partial charge on any atom is -0.487 e. The minimum atomic E-state index is 0.0371. The number of aromatic amines is 1. The van der Waals surface area contributed by atoms with Crippen LogP contribution in [0, 0.1) is 6.92 Å². The molecular weight excluding hydrogens is 420 g/mol. The molecule has 2 N–H and O–H groups in total. The molecule has 1 atom stereocenters. The fourth-order valence-electron chi connectivity index (χ4n) is 3.51. The Kier molecular flexibility index (Phi) is 5.51. The normalized spacial score (nSPS) is 12.1. The lowest BCUT2D eigenvalue weighted by atomic mass is 10.1. The molecule has 0 aliphatic heterocycles. The van der Waals surface area contributed by atoms with Gasteiger partial charge in [-0.1, -0.05) is 18.2 Å². The van der Waals surface area contributed by atoms with Gasteiger partial charge in [0.15, 0.2) is 0 Å². The van der Waals surface area contributed by atoms with E-state index in [0.717, 1.165) is 50.1 Å². The molecule has 0 fully saturated rings. The van der Waals surface area contributed by atoms with Crippen molar-refractivity contribution in [3.8, 4) is 17.0 Å². The van der Waals surface area contributed by atoms with Crippen LogP contribution in [0.15, 0.2) is 66.3 Å². The molecule has 1 unspecified atom stereocenters. The Morgan fingerprint density at radius 3 is 2.91 bits per heavy atom. The highest BCUT2D eigenvalue weighted by Crippen LogP contribution is 2.28. The maximum Gasteiger partial charge on any atom is 0.132 e. The predicted octanol–water partition coefficient (Wildman–Crippen LogP) is 5.54. The molecule has 3 heterocycles. The van der Waals surface area contributed by atoms with Crippen molar-refractivity contribution < 1.29 is 4.74 Å². The molecule has 0 aliphatic carbocycles. The lowest BCUT2D eigenvalue weighted by Gasteiger charge is -2.17. The lowest BCUT2D eigenvalue weighted by molar-refractivity contribution is 0.301. The van der Waals surface area contributed by atoms with E-state index in [0.29, 0.717) is 6.61 Å². The van der Waals surface area contributed by atoms with Gasteiger partial charge in [0.2, 0.25) is 0 Å². The van der Waals surface area contributed by atoms with Crippen molar-refractivity contribution in [1.29, 1.82) is 0 Å². The van der Waals surface area contributed by atoms with E-state index in [-0.39, 0.29) is 6.04 Å². The SMILES string of the molecule is Cc1nc(NC(C)c2cccc(OCc3cc[nH]n3)c2)cc(-c2ccc3ncsc3c2)n1. The van der Waals surface area contributed by atoms with E-state index >= 15 is 0 Å². The first-order valence-corrected chi connectivity index (χ1v) is 11.2. The van der Waals surface area contributed by atoms with Crippen LogP contribution in [0.4, 0.5) is 5.82 Å². The molecule has 5 aromatic rings. The van der Waals surface area contributed by atoms with Gasteiger partial charge in [0.05, 0.1) is 33.2 Å². The van der Waals surface area contributed by atoms with Crippen LogP contribution < -0.4 is 10.1 Å². The molecule has 0 saturated carbocycles. The fraction of sp³-hybridized carbons (Fsp3) is 0.167. The highest BCUT2D eigenvalue weighted by molar-refractivity contribution is 7.16. The second-order valence-electron chi connectivity index (χ2n) is 7.51. The highest BCUT2D eigenvalue weighted by atomic mass is 32.1. The molecule has 32 heavy (non-hydrogen) atoms. The summed E-state index contributed by atoms with van der Waals surface area (Å²) >= 11 is 1.63. The van der Waals surface area contributed by atoms with Gasteiger partial charge in [-0.05, 0) is 49.7 Å². The largest absolute Gasteiger partial charge is 0.487 e. The minimum absolute atomic E-state index is 0.0371. The lowest BCUT2D eigenvalue weighted by Crippen LogP contribution is -2.09. The van der Waals surface area contributed by atoms with E-state index in [1.807, 2.05) is 48.8 Å². The van der Waals surface area contributed by atoms with Gasteiger partial charge in [0.1, 0.15) is 24.0 Å². The summed E-state index contributed by atoms with van der Waals surface area (Å²) in [4.78, 5) is 13.6. The van der Waals surface area contributed by atoms with Gasteiger partial charge < -0.3 is 10.1 Å². The Bertz CT molecular complexity index is 1350. The third kappa shape index (κ3) is 4.45. The first kappa shape index (κ1) is 20.1. The maximum absolute atomic E-state index is 5.88. The van der Waals surface area contributed by atoms with Gasteiger partial charge in [0.25, 0.3) is 0 Å². The van der Waals surface area contributed by atoms with Crippen LogP contribution in [0.5, 0.6) is 5.75 Å². The molecule has 0 aliphatic rings. The molecule has 2 aromatic carbocycles. The number of H-pyrrole nitrogens is 1. The number of hydrogen-bond acceptors (Lipinski definition) is 7. The zero-order valence-electron chi connectivity index (χ0n) is 17.7. The molecule has 0 saturated heterocycles. The summed E-state index contributed by atoms with van der Waals surface area (Å²) in [6.07, 6.45) is 1.79. The Labute approximate surface area is 189 Å². The average Bonchev–Trinajstić information content (AvgIpc) is 3.49. The topological polar surface area (TPSA) is 88.6 Å². The average molecular weight is 443 g/mol. The van der Waals surface area contributed by atoms with Crippen LogP contribution in [0.1, 0.15) is 30.0 Å². The second-order valence-corrected chi connectivity index (χ2v) is 8.40. The van der Waals surface area contributed by atoms with Crippen molar-refractivity contribution in [3.63, 3.8) is 0 Å². The summed E-state index contributed by atoms with van der Waals surface area (Å²) in [5, 5.41) is 10.4. The predicted molar refractivity (Wildman–Crippen MR) is 127 cm³/mol. The number of nitrogens with one attached hydrogen (secondary N) is 2. The quantitative estimate of drug-likeness (QED) is 0.344. The summed E-state index contributed by atoms with van der Waals surface area (Å²) in [6, 6.07) is 18.2. The van der Waals surface area contributed by atoms with Gasteiger partial charge in [-0.15, -0.1) is 11.3 Å². The van der Waals surface area contributed by atoms with Crippen LogP contribution in [0.2, 0.25) is 0 Å². The Balaban J connectivity index is 1.34. The molecular formula is C24H22N6OS.